The van der Waals surface area contributed by atoms with E-state index in [1.807, 2.05) is 0 Å². The first-order chi connectivity index (χ1) is 16.0. The summed E-state index contributed by atoms with van der Waals surface area (Å²) in [5.41, 5.74) is 1.16. The summed E-state index contributed by atoms with van der Waals surface area (Å²) in [5.74, 6) is 1.43. The number of halogens is 1. The van der Waals surface area contributed by atoms with E-state index in [0.29, 0.717) is 39.6 Å². The quantitative estimate of drug-likeness (QED) is 0.387. The molecule has 1 amide bonds. The van der Waals surface area contributed by atoms with Crippen molar-refractivity contribution in [1.82, 2.24) is 24.9 Å². The number of benzene rings is 2. The normalized spacial score (nSPS) is 10.8. The third-order valence-corrected chi connectivity index (χ3v) is 5.54. The van der Waals surface area contributed by atoms with Crippen LogP contribution in [0.15, 0.2) is 52.1 Å². The third-order valence-electron chi connectivity index (χ3n) is 4.52. The maximum absolute atomic E-state index is 13.1. The topological polar surface area (TPSA) is 117 Å². The highest BCUT2D eigenvalue weighted by Crippen LogP contribution is 2.27. The van der Waals surface area contributed by atoms with E-state index in [9.17, 15) is 9.18 Å². The SMILES string of the molecule is COc1cc(NC(=O)CSc2nnc(-c3nc(-c4ccc(F)cc4)no3)n2C)cc(OC)c1. The average Bonchev–Trinajstić information content (AvgIpc) is 3.44. The fourth-order valence-electron chi connectivity index (χ4n) is 2.86. The molecule has 0 radical (unpaired) electrons. The van der Waals surface area contributed by atoms with Crippen LogP contribution in [0.1, 0.15) is 0 Å². The van der Waals surface area contributed by atoms with Crippen molar-refractivity contribution in [1.29, 1.82) is 0 Å². The lowest BCUT2D eigenvalue weighted by molar-refractivity contribution is -0.113. The van der Waals surface area contributed by atoms with Gasteiger partial charge in [0, 0.05) is 36.5 Å². The lowest BCUT2D eigenvalue weighted by Gasteiger charge is -2.09. The van der Waals surface area contributed by atoms with Crippen molar-refractivity contribution in [2.24, 2.45) is 7.05 Å². The monoisotopic (exact) mass is 470 g/mol. The van der Waals surface area contributed by atoms with E-state index in [1.165, 1.54) is 38.1 Å². The standard InChI is InChI=1S/C21H19FN6O4S/c1-28-19(20-24-18(27-32-20)12-4-6-13(22)7-5-12)25-26-21(28)33-11-17(29)23-14-8-15(30-2)10-16(9-14)31-3/h4-10H,11H2,1-3H3,(H,23,29). The first-order valence-electron chi connectivity index (χ1n) is 9.62. The van der Waals surface area contributed by atoms with Crippen LogP contribution in [0.2, 0.25) is 0 Å². The predicted molar refractivity (Wildman–Crippen MR) is 119 cm³/mol. The molecule has 0 spiro atoms. The van der Waals surface area contributed by atoms with Crippen LogP contribution in [0.25, 0.3) is 23.1 Å². The van der Waals surface area contributed by atoms with Crippen LogP contribution in [0.3, 0.4) is 0 Å². The van der Waals surface area contributed by atoms with E-state index in [1.54, 1.807) is 41.9 Å². The number of carbonyl (C=O) groups is 1. The van der Waals surface area contributed by atoms with E-state index in [2.05, 4.69) is 25.7 Å². The van der Waals surface area contributed by atoms with Gasteiger partial charge in [-0.2, -0.15) is 4.98 Å². The summed E-state index contributed by atoms with van der Waals surface area (Å²) in [6.07, 6.45) is 0. The number of hydrogen-bond acceptors (Lipinski definition) is 9. The molecule has 33 heavy (non-hydrogen) atoms. The summed E-state index contributed by atoms with van der Waals surface area (Å²) in [6.45, 7) is 0. The Labute approximate surface area is 192 Å². The Balaban J connectivity index is 1.41. The van der Waals surface area contributed by atoms with Crippen molar-refractivity contribution >= 4 is 23.4 Å². The molecule has 170 valence electrons. The minimum absolute atomic E-state index is 0.0934. The molecular formula is C21H19FN6O4S. The van der Waals surface area contributed by atoms with Crippen molar-refractivity contribution in [2.75, 3.05) is 25.3 Å². The second-order valence-electron chi connectivity index (χ2n) is 6.73. The maximum atomic E-state index is 13.1. The highest BCUT2D eigenvalue weighted by molar-refractivity contribution is 7.99. The van der Waals surface area contributed by atoms with Gasteiger partial charge in [-0.3, -0.25) is 4.79 Å². The molecule has 0 aliphatic heterocycles. The lowest BCUT2D eigenvalue weighted by Crippen LogP contribution is -2.14. The summed E-state index contributed by atoms with van der Waals surface area (Å²) in [4.78, 5) is 16.7. The number of rotatable bonds is 8. The number of nitrogens with one attached hydrogen (secondary N) is 1. The Morgan fingerprint density at radius 2 is 1.82 bits per heavy atom. The number of carbonyl (C=O) groups excluding carboxylic acids is 1. The number of aromatic nitrogens is 5. The zero-order chi connectivity index (χ0) is 23.4. The molecular weight excluding hydrogens is 451 g/mol. The number of hydrogen-bond donors (Lipinski definition) is 1. The molecule has 2 heterocycles. The largest absolute Gasteiger partial charge is 0.497 e. The molecule has 0 saturated heterocycles. The number of amides is 1. The van der Waals surface area contributed by atoms with E-state index in [4.69, 9.17) is 14.0 Å². The molecule has 1 N–H and O–H groups in total. The van der Waals surface area contributed by atoms with Crippen molar-refractivity contribution in [3.05, 3.63) is 48.3 Å². The van der Waals surface area contributed by atoms with Crippen LogP contribution in [0, 0.1) is 5.82 Å². The number of anilines is 1. The van der Waals surface area contributed by atoms with Gasteiger partial charge in [0.25, 0.3) is 5.89 Å². The van der Waals surface area contributed by atoms with E-state index >= 15 is 0 Å². The highest BCUT2D eigenvalue weighted by atomic mass is 32.2. The number of methoxy groups -OCH3 is 2. The molecule has 0 saturated carbocycles. The summed E-state index contributed by atoms with van der Waals surface area (Å²) >= 11 is 1.20. The predicted octanol–water partition coefficient (Wildman–Crippen LogP) is 3.42. The van der Waals surface area contributed by atoms with E-state index in [-0.39, 0.29) is 23.4 Å². The van der Waals surface area contributed by atoms with Crippen LogP contribution in [-0.2, 0) is 11.8 Å². The number of nitrogens with zero attached hydrogens (tertiary/aromatic N) is 5. The summed E-state index contributed by atoms with van der Waals surface area (Å²) in [5, 5.41) is 15.4. The lowest BCUT2D eigenvalue weighted by atomic mass is 10.2. The summed E-state index contributed by atoms with van der Waals surface area (Å²) in [6, 6.07) is 10.8. The molecule has 0 unspecified atom stereocenters. The Morgan fingerprint density at radius 1 is 1.12 bits per heavy atom. The molecule has 2 aromatic carbocycles. The van der Waals surface area contributed by atoms with Gasteiger partial charge in [-0.05, 0) is 24.3 Å². The van der Waals surface area contributed by atoms with Crippen LogP contribution < -0.4 is 14.8 Å². The molecule has 0 fully saturated rings. The zero-order valence-corrected chi connectivity index (χ0v) is 18.7. The maximum Gasteiger partial charge on any atom is 0.296 e. The summed E-state index contributed by atoms with van der Waals surface area (Å²) < 4.78 is 30.5. The van der Waals surface area contributed by atoms with Crippen LogP contribution in [0.5, 0.6) is 11.5 Å². The van der Waals surface area contributed by atoms with Crippen LogP contribution in [0.4, 0.5) is 10.1 Å². The number of ether oxygens (including phenoxy) is 2. The van der Waals surface area contributed by atoms with Crippen molar-refractivity contribution in [3.63, 3.8) is 0 Å². The van der Waals surface area contributed by atoms with Crippen molar-refractivity contribution < 1.29 is 23.2 Å². The van der Waals surface area contributed by atoms with Gasteiger partial charge in [0.15, 0.2) is 5.16 Å². The second kappa shape index (κ2) is 9.69. The average molecular weight is 470 g/mol. The second-order valence-corrected chi connectivity index (χ2v) is 7.68. The molecule has 4 rings (SSSR count). The molecule has 2 aromatic heterocycles. The fraction of sp³-hybridized carbons (Fsp3) is 0.190. The zero-order valence-electron chi connectivity index (χ0n) is 17.9. The Hall–Kier alpha value is -3.93. The Bertz CT molecular complexity index is 1250. The molecule has 0 aliphatic rings. The van der Waals surface area contributed by atoms with Gasteiger partial charge in [-0.25, -0.2) is 4.39 Å². The third kappa shape index (κ3) is 5.12. The fourth-order valence-corrected chi connectivity index (χ4v) is 3.58. The minimum Gasteiger partial charge on any atom is -0.497 e. The Kier molecular flexibility index (Phi) is 6.54. The van der Waals surface area contributed by atoms with Gasteiger partial charge in [-0.15, -0.1) is 10.2 Å². The van der Waals surface area contributed by atoms with Gasteiger partial charge < -0.3 is 23.9 Å². The van der Waals surface area contributed by atoms with E-state index < -0.39 is 0 Å². The highest BCUT2D eigenvalue weighted by Gasteiger charge is 2.19. The first-order valence-corrected chi connectivity index (χ1v) is 10.6. The van der Waals surface area contributed by atoms with Gasteiger partial charge >= 0.3 is 0 Å². The molecule has 10 nitrogen and oxygen atoms in total. The Morgan fingerprint density at radius 3 is 2.48 bits per heavy atom. The number of thioether (sulfide) groups is 1. The minimum atomic E-state index is -0.355. The van der Waals surface area contributed by atoms with E-state index in [0.717, 1.165) is 0 Å². The van der Waals surface area contributed by atoms with Crippen molar-refractivity contribution in [2.45, 2.75) is 5.16 Å². The molecule has 4 aromatic rings. The van der Waals surface area contributed by atoms with Crippen LogP contribution >= 0.6 is 11.8 Å². The van der Waals surface area contributed by atoms with Gasteiger partial charge in [0.05, 0.1) is 20.0 Å². The van der Waals surface area contributed by atoms with Crippen molar-refractivity contribution in [3.8, 4) is 34.6 Å². The molecule has 0 atom stereocenters. The first kappa shape index (κ1) is 22.3. The smallest absolute Gasteiger partial charge is 0.296 e. The molecule has 0 bridgehead atoms. The van der Waals surface area contributed by atoms with Crippen LogP contribution in [-0.4, -0.2) is 50.8 Å². The molecule has 12 heteroatoms. The summed E-state index contributed by atoms with van der Waals surface area (Å²) in [7, 11) is 4.80. The molecule has 0 aliphatic carbocycles. The van der Waals surface area contributed by atoms with Gasteiger partial charge in [0.1, 0.15) is 17.3 Å². The van der Waals surface area contributed by atoms with Gasteiger partial charge in [0.2, 0.25) is 17.6 Å². The van der Waals surface area contributed by atoms with Gasteiger partial charge in [-0.1, -0.05) is 16.9 Å².